The summed E-state index contributed by atoms with van der Waals surface area (Å²) in [6.45, 7) is 0. The van der Waals surface area contributed by atoms with Crippen LogP contribution in [-0.4, -0.2) is 4.98 Å². The summed E-state index contributed by atoms with van der Waals surface area (Å²) in [6, 6.07) is 11.3. The molecule has 0 fully saturated rings. The van der Waals surface area contributed by atoms with Crippen molar-refractivity contribution in [2.24, 2.45) is 5.73 Å². The zero-order valence-corrected chi connectivity index (χ0v) is 12.2. The van der Waals surface area contributed by atoms with Gasteiger partial charge in [-0.3, -0.25) is 0 Å². The monoisotopic (exact) mass is 316 g/mol. The van der Waals surface area contributed by atoms with Crippen LogP contribution in [0.1, 0.15) is 29.2 Å². The Labute approximate surface area is 131 Å². The van der Waals surface area contributed by atoms with Crippen LogP contribution in [0.25, 0.3) is 22.2 Å². The molecule has 0 saturated carbocycles. The molecule has 4 rings (SSSR count). The summed E-state index contributed by atoms with van der Waals surface area (Å²) in [5.41, 5.74) is 10.5. The Kier molecular flexibility index (Phi) is 3.03. The molecule has 2 aromatic carbocycles. The molecule has 1 unspecified atom stereocenters. The number of aromatic nitrogens is 1. The minimum Gasteiger partial charge on any atom is -0.354 e. The molecule has 0 saturated heterocycles. The smallest absolute Gasteiger partial charge is 0.354 e. The van der Waals surface area contributed by atoms with Gasteiger partial charge in [-0.2, -0.15) is 13.2 Å². The second kappa shape index (κ2) is 4.86. The number of aryl methyl sites for hydroxylation is 1. The Hall–Kier alpha value is -2.27. The fraction of sp³-hybridized carbons (Fsp3) is 0.222. The molecule has 0 radical (unpaired) electrons. The van der Waals surface area contributed by atoms with Crippen molar-refractivity contribution in [1.82, 2.24) is 4.98 Å². The lowest BCUT2D eigenvalue weighted by Crippen LogP contribution is -2.15. The first-order valence-electron chi connectivity index (χ1n) is 7.52. The maximum atomic E-state index is 12.7. The highest BCUT2D eigenvalue weighted by Crippen LogP contribution is 2.40. The second-order valence-electron chi connectivity index (χ2n) is 5.97. The van der Waals surface area contributed by atoms with E-state index in [-0.39, 0.29) is 6.04 Å². The van der Waals surface area contributed by atoms with Crippen LogP contribution in [0.5, 0.6) is 0 Å². The number of rotatable bonds is 1. The number of nitrogens with one attached hydrogen (secondary N) is 1. The molecular formula is C18H15F3N2. The lowest BCUT2D eigenvalue weighted by atomic mass is 9.87. The van der Waals surface area contributed by atoms with Gasteiger partial charge in [0, 0.05) is 22.6 Å². The maximum absolute atomic E-state index is 12.7. The normalized spacial score (nSPS) is 17.7. The minimum atomic E-state index is -4.31. The topological polar surface area (TPSA) is 41.8 Å². The molecule has 118 valence electrons. The van der Waals surface area contributed by atoms with Crippen LogP contribution in [0.3, 0.4) is 0 Å². The van der Waals surface area contributed by atoms with Gasteiger partial charge in [-0.15, -0.1) is 0 Å². The summed E-state index contributed by atoms with van der Waals surface area (Å²) in [7, 11) is 0. The molecule has 1 atom stereocenters. The SMILES string of the molecule is NC1CCc2c(-c3ccc(C(F)(F)F)cc3)[nH]c3cccc1c23. The Morgan fingerprint density at radius 2 is 1.78 bits per heavy atom. The fourth-order valence-corrected chi connectivity index (χ4v) is 3.43. The number of halogens is 3. The molecule has 1 aliphatic rings. The third-order valence-electron chi connectivity index (χ3n) is 4.57. The van der Waals surface area contributed by atoms with E-state index in [9.17, 15) is 13.2 Å². The van der Waals surface area contributed by atoms with Gasteiger partial charge in [-0.25, -0.2) is 0 Å². The number of aromatic amines is 1. The molecule has 3 N–H and O–H groups in total. The standard InChI is InChI=1S/C18H15F3N2/c19-18(20,21)11-6-4-10(5-7-11)17-13-8-9-14(22)12-2-1-3-15(23-17)16(12)13/h1-7,14,23H,8-9,22H2. The van der Waals surface area contributed by atoms with E-state index in [1.54, 1.807) is 0 Å². The summed E-state index contributed by atoms with van der Waals surface area (Å²) in [6.07, 6.45) is -2.64. The predicted molar refractivity (Wildman–Crippen MR) is 84.0 cm³/mol. The van der Waals surface area contributed by atoms with E-state index in [2.05, 4.69) is 4.98 Å². The highest BCUT2D eigenvalue weighted by atomic mass is 19.4. The van der Waals surface area contributed by atoms with Gasteiger partial charge in [0.2, 0.25) is 0 Å². The zero-order valence-electron chi connectivity index (χ0n) is 12.2. The van der Waals surface area contributed by atoms with Crippen molar-refractivity contribution in [2.45, 2.75) is 25.1 Å². The first kappa shape index (κ1) is 14.3. The average Bonchev–Trinajstić information content (AvgIpc) is 2.90. The minimum absolute atomic E-state index is 0.0162. The number of H-pyrrole nitrogens is 1. The van der Waals surface area contributed by atoms with Gasteiger partial charge >= 0.3 is 6.18 Å². The van der Waals surface area contributed by atoms with E-state index < -0.39 is 11.7 Å². The summed E-state index contributed by atoms with van der Waals surface area (Å²) in [4.78, 5) is 3.35. The molecule has 3 aromatic rings. The Balaban J connectivity index is 1.88. The van der Waals surface area contributed by atoms with Crippen molar-refractivity contribution >= 4 is 10.9 Å². The van der Waals surface area contributed by atoms with Crippen molar-refractivity contribution in [3.05, 3.63) is 59.2 Å². The lowest BCUT2D eigenvalue weighted by Gasteiger charge is -2.20. The summed E-state index contributed by atoms with van der Waals surface area (Å²) in [5.74, 6) is 0. The van der Waals surface area contributed by atoms with Gasteiger partial charge in [-0.1, -0.05) is 24.3 Å². The molecule has 23 heavy (non-hydrogen) atoms. The van der Waals surface area contributed by atoms with Crippen LogP contribution in [0.15, 0.2) is 42.5 Å². The summed E-state index contributed by atoms with van der Waals surface area (Å²) in [5, 5.41) is 1.13. The number of hydrogen-bond donors (Lipinski definition) is 2. The first-order valence-corrected chi connectivity index (χ1v) is 7.52. The highest BCUT2D eigenvalue weighted by molar-refractivity contribution is 5.94. The van der Waals surface area contributed by atoms with Gasteiger partial charge in [0.1, 0.15) is 0 Å². The fourth-order valence-electron chi connectivity index (χ4n) is 3.43. The van der Waals surface area contributed by atoms with Crippen LogP contribution in [0, 0.1) is 0 Å². The number of hydrogen-bond acceptors (Lipinski definition) is 1. The summed E-state index contributed by atoms with van der Waals surface area (Å²) >= 11 is 0. The maximum Gasteiger partial charge on any atom is 0.416 e. The van der Waals surface area contributed by atoms with E-state index in [1.807, 2.05) is 18.2 Å². The van der Waals surface area contributed by atoms with Crippen LogP contribution in [0.2, 0.25) is 0 Å². The van der Waals surface area contributed by atoms with Crippen LogP contribution >= 0.6 is 0 Å². The Morgan fingerprint density at radius 3 is 2.48 bits per heavy atom. The van der Waals surface area contributed by atoms with Gasteiger partial charge in [0.05, 0.1) is 5.56 Å². The van der Waals surface area contributed by atoms with Crippen LogP contribution < -0.4 is 5.73 Å². The molecule has 0 amide bonds. The second-order valence-corrected chi connectivity index (χ2v) is 5.97. The van der Waals surface area contributed by atoms with E-state index in [1.165, 1.54) is 12.1 Å². The van der Waals surface area contributed by atoms with Gasteiger partial charge in [-0.05, 0) is 47.7 Å². The van der Waals surface area contributed by atoms with Crippen molar-refractivity contribution < 1.29 is 13.2 Å². The highest BCUT2D eigenvalue weighted by Gasteiger charge is 2.30. The quantitative estimate of drug-likeness (QED) is 0.665. The van der Waals surface area contributed by atoms with E-state index >= 15 is 0 Å². The van der Waals surface area contributed by atoms with E-state index in [4.69, 9.17) is 5.73 Å². The van der Waals surface area contributed by atoms with E-state index in [0.29, 0.717) is 0 Å². The third kappa shape index (κ3) is 2.23. The molecule has 2 nitrogen and oxygen atoms in total. The molecule has 1 aromatic heterocycles. The average molecular weight is 316 g/mol. The van der Waals surface area contributed by atoms with Crippen molar-refractivity contribution in [3.8, 4) is 11.3 Å². The Morgan fingerprint density at radius 1 is 1.04 bits per heavy atom. The number of benzene rings is 2. The summed E-state index contributed by atoms with van der Waals surface area (Å²) < 4.78 is 38.2. The third-order valence-corrected chi connectivity index (χ3v) is 4.57. The molecule has 0 bridgehead atoms. The Bertz CT molecular complexity index is 876. The van der Waals surface area contributed by atoms with Gasteiger partial charge < -0.3 is 10.7 Å². The van der Waals surface area contributed by atoms with Gasteiger partial charge in [0.15, 0.2) is 0 Å². The number of alkyl halides is 3. The van der Waals surface area contributed by atoms with Crippen LogP contribution in [0.4, 0.5) is 13.2 Å². The molecule has 0 spiro atoms. The van der Waals surface area contributed by atoms with Gasteiger partial charge in [0.25, 0.3) is 0 Å². The molecule has 1 heterocycles. The first-order chi connectivity index (χ1) is 10.9. The van der Waals surface area contributed by atoms with E-state index in [0.717, 1.165) is 58.3 Å². The lowest BCUT2D eigenvalue weighted by molar-refractivity contribution is -0.137. The molecular weight excluding hydrogens is 301 g/mol. The molecule has 0 aliphatic heterocycles. The number of nitrogens with two attached hydrogens (primary N) is 1. The zero-order chi connectivity index (χ0) is 16.2. The molecule has 1 aliphatic carbocycles. The van der Waals surface area contributed by atoms with Crippen LogP contribution in [-0.2, 0) is 12.6 Å². The van der Waals surface area contributed by atoms with Crippen molar-refractivity contribution in [2.75, 3.05) is 0 Å². The van der Waals surface area contributed by atoms with Crippen molar-refractivity contribution in [1.29, 1.82) is 0 Å². The largest absolute Gasteiger partial charge is 0.416 e. The predicted octanol–water partition coefficient (Wildman–Crippen LogP) is 4.80. The van der Waals surface area contributed by atoms with Crippen molar-refractivity contribution in [3.63, 3.8) is 0 Å². The molecule has 5 heteroatoms.